The second kappa shape index (κ2) is 6.64. The highest BCUT2D eigenvalue weighted by molar-refractivity contribution is 7.05. The minimum atomic E-state index is -1.40. The molecule has 1 aliphatic rings. The largest absolute Gasteiger partial charge is 0.0888 e. The third-order valence-corrected chi connectivity index (χ3v) is 19.4. The van der Waals surface area contributed by atoms with Gasteiger partial charge in [-0.15, -0.1) is 0 Å². The molecule has 3 atom stereocenters. The van der Waals surface area contributed by atoms with Crippen LogP contribution in [0.15, 0.2) is 24.3 Å². The molecular weight excluding hydrogens is 296 g/mol. The summed E-state index contributed by atoms with van der Waals surface area (Å²) in [7, 11) is -2.75. The molecule has 0 spiro atoms. The van der Waals surface area contributed by atoms with Gasteiger partial charge in [0.15, 0.2) is 0 Å². The third-order valence-electron chi connectivity index (χ3n) is 7.02. The van der Waals surface area contributed by atoms with Gasteiger partial charge in [-0.05, 0) is 16.6 Å². The highest BCUT2D eigenvalue weighted by atomic mass is 28.3. The van der Waals surface area contributed by atoms with Gasteiger partial charge in [-0.3, -0.25) is 0 Å². The van der Waals surface area contributed by atoms with Crippen LogP contribution in [0.3, 0.4) is 0 Å². The number of unbranched alkanes of at least 4 members (excludes halogenated alkanes) is 1. The van der Waals surface area contributed by atoms with Crippen LogP contribution in [0.25, 0.3) is 0 Å². The molecule has 0 bridgehead atoms. The average Bonchev–Trinajstić information content (AvgIpc) is 2.49. The van der Waals surface area contributed by atoms with E-state index in [0.717, 1.165) is 16.6 Å². The highest BCUT2D eigenvalue weighted by Crippen LogP contribution is 2.46. The van der Waals surface area contributed by atoms with Crippen molar-refractivity contribution in [2.24, 2.45) is 0 Å². The summed E-state index contributed by atoms with van der Waals surface area (Å²) in [6.45, 7) is 17.7. The molecule has 1 heterocycles. The van der Waals surface area contributed by atoms with E-state index >= 15 is 0 Å². The molecule has 1 aromatic carbocycles. The molecule has 22 heavy (non-hydrogen) atoms. The summed E-state index contributed by atoms with van der Waals surface area (Å²) < 4.78 is 0. The Morgan fingerprint density at radius 2 is 1.59 bits per heavy atom. The smallest absolute Gasteiger partial charge is 0.0654 e. The Labute approximate surface area is 140 Å². The van der Waals surface area contributed by atoms with Gasteiger partial charge in [0, 0.05) is 0 Å². The van der Waals surface area contributed by atoms with Crippen LogP contribution in [0, 0.1) is 0 Å². The van der Waals surface area contributed by atoms with Gasteiger partial charge in [-0.1, -0.05) is 108 Å². The highest BCUT2D eigenvalue weighted by Gasteiger charge is 2.52. The van der Waals surface area contributed by atoms with Crippen LogP contribution in [0.1, 0.15) is 53.9 Å². The van der Waals surface area contributed by atoms with Gasteiger partial charge >= 0.3 is 0 Å². The van der Waals surface area contributed by atoms with E-state index in [2.05, 4.69) is 72.0 Å². The zero-order valence-electron chi connectivity index (χ0n) is 15.9. The SMILES string of the molecule is CCCC[C@@H]1C[Si@](C)(C(C)C)c2ccccc2[Si@]1(C)C(C)C. The molecule has 0 aliphatic carbocycles. The van der Waals surface area contributed by atoms with Gasteiger partial charge in [0.1, 0.15) is 0 Å². The lowest BCUT2D eigenvalue weighted by Gasteiger charge is -2.52. The first-order chi connectivity index (χ1) is 10.3. The Kier molecular flexibility index (Phi) is 5.44. The van der Waals surface area contributed by atoms with Crippen molar-refractivity contribution in [3.63, 3.8) is 0 Å². The Balaban J connectivity index is 2.60. The molecule has 0 amide bonds. The summed E-state index contributed by atoms with van der Waals surface area (Å²) in [5.41, 5.74) is 2.70. The average molecular weight is 333 g/mol. The number of benzene rings is 1. The van der Waals surface area contributed by atoms with E-state index in [1.807, 2.05) is 10.4 Å². The lowest BCUT2D eigenvalue weighted by atomic mass is 10.2. The van der Waals surface area contributed by atoms with Gasteiger partial charge in [0.05, 0.1) is 16.1 Å². The minimum absolute atomic E-state index is 0.848. The summed E-state index contributed by atoms with van der Waals surface area (Å²) >= 11 is 0. The standard InChI is InChI=1S/C20H36Si2/c1-8-9-12-18-15-21(6,16(2)3)19-13-10-11-14-20(19)22(18,7)17(4)5/h10-11,13-14,16-18H,8-9,12,15H2,1-7H3/t18-,21-,22-/m1/s1. The maximum Gasteiger partial charge on any atom is 0.0888 e. The molecule has 0 fully saturated rings. The molecule has 0 saturated carbocycles. The Morgan fingerprint density at radius 1 is 1.00 bits per heavy atom. The molecule has 0 aromatic heterocycles. The summed E-state index contributed by atoms with van der Waals surface area (Å²) in [5, 5.41) is 3.65. The fourth-order valence-electron chi connectivity index (χ4n) is 4.69. The number of rotatable bonds is 5. The summed E-state index contributed by atoms with van der Waals surface area (Å²) in [6.07, 6.45) is 4.24. The lowest BCUT2D eigenvalue weighted by molar-refractivity contribution is 0.667. The van der Waals surface area contributed by atoms with Crippen LogP contribution >= 0.6 is 0 Å². The predicted molar refractivity (Wildman–Crippen MR) is 107 cm³/mol. The zero-order valence-corrected chi connectivity index (χ0v) is 17.9. The molecule has 0 N–H and O–H groups in total. The van der Waals surface area contributed by atoms with Crippen molar-refractivity contribution in [2.75, 3.05) is 0 Å². The second-order valence-corrected chi connectivity index (χ2v) is 18.6. The van der Waals surface area contributed by atoms with Crippen molar-refractivity contribution >= 4 is 26.5 Å². The Hall–Kier alpha value is -0.346. The maximum atomic E-state index is 2.70. The van der Waals surface area contributed by atoms with E-state index in [0.29, 0.717) is 0 Å². The third kappa shape index (κ3) is 2.77. The quantitative estimate of drug-likeness (QED) is 0.611. The van der Waals surface area contributed by atoms with E-state index in [4.69, 9.17) is 0 Å². The van der Waals surface area contributed by atoms with E-state index in [1.54, 1.807) is 6.04 Å². The van der Waals surface area contributed by atoms with Crippen molar-refractivity contribution in [2.45, 2.75) is 89.6 Å². The normalized spacial score (nSPS) is 31.6. The van der Waals surface area contributed by atoms with Crippen LogP contribution in [0.4, 0.5) is 0 Å². The van der Waals surface area contributed by atoms with Gasteiger partial charge in [0.2, 0.25) is 0 Å². The first-order valence-corrected chi connectivity index (χ1v) is 14.8. The monoisotopic (exact) mass is 332 g/mol. The van der Waals surface area contributed by atoms with E-state index < -0.39 is 16.1 Å². The molecule has 2 heteroatoms. The molecular formula is C20H36Si2. The van der Waals surface area contributed by atoms with E-state index in [1.165, 1.54) is 19.3 Å². The van der Waals surface area contributed by atoms with Crippen molar-refractivity contribution in [1.29, 1.82) is 0 Å². The van der Waals surface area contributed by atoms with Crippen molar-refractivity contribution in [1.82, 2.24) is 0 Å². The fourth-order valence-corrected chi connectivity index (χ4v) is 17.0. The van der Waals surface area contributed by atoms with Crippen LogP contribution in [0.5, 0.6) is 0 Å². The van der Waals surface area contributed by atoms with Crippen LogP contribution in [-0.4, -0.2) is 16.1 Å². The van der Waals surface area contributed by atoms with E-state index in [-0.39, 0.29) is 0 Å². The van der Waals surface area contributed by atoms with Crippen molar-refractivity contribution in [3.8, 4) is 0 Å². The molecule has 0 radical (unpaired) electrons. The number of hydrogen-bond donors (Lipinski definition) is 0. The van der Waals surface area contributed by atoms with Gasteiger partial charge in [-0.25, -0.2) is 0 Å². The molecule has 0 unspecified atom stereocenters. The second-order valence-electron chi connectivity index (χ2n) is 8.60. The lowest BCUT2D eigenvalue weighted by Crippen LogP contribution is -2.70. The van der Waals surface area contributed by atoms with Gasteiger partial charge in [-0.2, -0.15) is 0 Å². The Bertz CT molecular complexity index is 508. The molecule has 0 saturated heterocycles. The van der Waals surface area contributed by atoms with Crippen LogP contribution in [-0.2, 0) is 0 Å². The molecule has 2 rings (SSSR count). The topological polar surface area (TPSA) is 0 Å². The fraction of sp³-hybridized carbons (Fsp3) is 0.700. The zero-order chi connectivity index (χ0) is 16.5. The predicted octanol–water partition coefficient (Wildman–Crippen LogP) is 5.65. The van der Waals surface area contributed by atoms with Crippen LogP contribution in [0.2, 0.25) is 35.8 Å². The molecule has 124 valence electrons. The summed E-state index contributed by atoms with van der Waals surface area (Å²) in [6, 6.07) is 11.2. The van der Waals surface area contributed by atoms with Gasteiger partial charge in [0.25, 0.3) is 0 Å². The molecule has 1 aliphatic heterocycles. The number of fused-ring (bicyclic) bond motifs is 1. The van der Waals surface area contributed by atoms with Crippen LogP contribution < -0.4 is 10.4 Å². The first-order valence-electron chi connectivity index (χ1n) is 9.38. The first kappa shape index (κ1) is 18.0. The van der Waals surface area contributed by atoms with Gasteiger partial charge < -0.3 is 0 Å². The van der Waals surface area contributed by atoms with Crippen molar-refractivity contribution in [3.05, 3.63) is 24.3 Å². The number of hydrogen-bond acceptors (Lipinski definition) is 0. The summed E-state index contributed by atoms with van der Waals surface area (Å²) in [4.78, 5) is 0. The van der Waals surface area contributed by atoms with E-state index in [9.17, 15) is 0 Å². The minimum Gasteiger partial charge on any atom is -0.0654 e. The molecule has 1 aromatic rings. The Morgan fingerprint density at radius 3 is 2.09 bits per heavy atom. The maximum absolute atomic E-state index is 2.70. The van der Waals surface area contributed by atoms with Crippen molar-refractivity contribution < 1.29 is 0 Å². The summed E-state index contributed by atoms with van der Waals surface area (Å²) in [5.74, 6) is 0. The molecule has 0 nitrogen and oxygen atoms in total.